The first-order valence-corrected chi connectivity index (χ1v) is 7.50. The van der Waals surface area contributed by atoms with Gasteiger partial charge in [0.1, 0.15) is 0 Å². The van der Waals surface area contributed by atoms with Gasteiger partial charge in [-0.05, 0) is 18.9 Å². The van der Waals surface area contributed by atoms with Gasteiger partial charge in [0.25, 0.3) is 0 Å². The summed E-state index contributed by atoms with van der Waals surface area (Å²) in [6.45, 7) is 4.38. The van der Waals surface area contributed by atoms with Crippen LogP contribution in [0.3, 0.4) is 0 Å². The summed E-state index contributed by atoms with van der Waals surface area (Å²) in [7, 11) is 0. The Morgan fingerprint density at radius 1 is 0.824 bits per heavy atom. The van der Waals surface area contributed by atoms with Crippen LogP contribution in [0.2, 0.25) is 0 Å². The van der Waals surface area contributed by atoms with Crippen LogP contribution in [0.4, 0.5) is 0 Å². The molecule has 0 spiro atoms. The van der Waals surface area contributed by atoms with Crippen LogP contribution in [0.15, 0.2) is 12.2 Å². The summed E-state index contributed by atoms with van der Waals surface area (Å²) in [5.41, 5.74) is 0. The number of carbonyl (C=O) groups excluding carboxylic acids is 1. The average molecular weight is 238 g/mol. The molecule has 0 bridgehead atoms. The van der Waals surface area contributed by atoms with Gasteiger partial charge in [0.15, 0.2) is 5.78 Å². The van der Waals surface area contributed by atoms with E-state index in [0.29, 0.717) is 5.78 Å². The first-order chi connectivity index (χ1) is 8.31. The molecule has 1 nitrogen and oxygen atoms in total. The Kier molecular flexibility index (Phi) is 13.0. The van der Waals surface area contributed by atoms with Crippen LogP contribution < -0.4 is 0 Å². The third-order valence-electron chi connectivity index (χ3n) is 3.04. The Morgan fingerprint density at radius 2 is 1.41 bits per heavy atom. The molecule has 0 saturated heterocycles. The van der Waals surface area contributed by atoms with Gasteiger partial charge in [0.05, 0.1) is 0 Å². The largest absolute Gasteiger partial charge is 0.295 e. The zero-order valence-electron chi connectivity index (χ0n) is 11.8. The monoisotopic (exact) mass is 238 g/mol. The summed E-state index contributed by atoms with van der Waals surface area (Å²) in [6.07, 6.45) is 17.1. The van der Waals surface area contributed by atoms with E-state index in [1.807, 2.05) is 6.08 Å². The number of ketones is 1. The molecule has 0 saturated carbocycles. The highest BCUT2D eigenvalue weighted by atomic mass is 16.1. The normalized spacial score (nSPS) is 11.2. The lowest BCUT2D eigenvalue weighted by molar-refractivity contribution is -0.114. The van der Waals surface area contributed by atoms with Crippen LogP contribution >= 0.6 is 0 Å². The van der Waals surface area contributed by atoms with E-state index in [1.54, 1.807) is 6.08 Å². The number of rotatable bonds is 12. The van der Waals surface area contributed by atoms with Crippen molar-refractivity contribution in [1.29, 1.82) is 0 Å². The molecule has 0 aromatic carbocycles. The topological polar surface area (TPSA) is 17.1 Å². The molecule has 0 amide bonds. The average Bonchev–Trinajstić information content (AvgIpc) is 2.33. The van der Waals surface area contributed by atoms with Crippen molar-refractivity contribution in [3.8, 4) is 0 Å². The van der Waals surface area contributed by atoms with Gasteiger partial charge in [-0.2, -0.15) is 0 Å². The molecule has 0 unspecified atom stereocenters. The first kappa shape index (κ1) is 16.4. The third kappa shape index (κ3) is 13.3. The smallest absolute Gasteiger partial charge is 0.155 e. The summed E-state index contributed by atoms with van der Waals surface area (Å²) >= 11 is 0. The van der Waals surface area contributed by atoms with Gasteiger partial charge in [-0.1, -0.05) is 71.3 Å². The molecule has 100 valence electrons. The van der Waals surface area contributed by atoms with Gasteiger partial charge < -0.3 is 0 Å². The van der Waals surface area contributed by atoms with Crippen molar-refractivity contribution >= 4 is 5.78 Å². The molecule has 0 heterocycles. The fraction of sp³-hybridized carbons (Fsp3) is 0.812. The van der Waals surface area contributed by atoms with Crippen LogP contribution in [0, 0.1) is 0 Å². The number of unbranched alkanes of at least 4 members (excludes halogenated alkanes) is 8. The highest BCUT2D eigenvalue weighted by Gasteiger charge is 1.96. The van der Waals surface area contributed by atoms with E-state index in [4.69, 9.17) is 0 Å². The highest BCUT2D eigenvalue weighted by Crippen LogP contribution is 2.09. The van der Waals surface area contributed by atoms with Gasteiger partial charge in [-0.25, -0.2) is 0 Å². The molecule has 0 atom stereocenters. The van der Waals surface area contributed by atoms with Crippen LogP contribution in [0.5, 0.6) is 0 Å². The SMILES string of the molecule is CCC/C=C/C(=O)CCCCCCCCCC. The molecule has 0 rings (SSSR count). The van der Waals surface area contributed by atoms with E-state index in [2.05, 4.69) is 13.8 Å². The second-order valence-corrected chi connectivity index (χ2v) is 4.88. The Hall–Kier alpha value is -0.590. The van der Waals surface area contributed by atoms with Crippen LogP contribution in [-0.4, -0.2) is 5.78 Å². The molecule has 0 fully saturated rings. The maximum Gasteiger partial charge on any atom is 0.155 e. The Morgan fingerprint density at radius 3 is 2.00 bits per heavy atom. The van der Waals surface area contributed by atoms with E-state index in [-0.39, 0.29) is 0 Å². The molecule has 0 N–H and O–H groups in total. The molecule has 0 aliphatic carbocycles. The fourth-order valence-corrected chi connectivity index (χ4v) is 1.90. The number of allylic oxidation sites excluding steroid dienone is 2. The number of hydrogen-bond donors (Lipinski definition) is 0. The molecule has 0 aromatic rings. The zero-order chi connectivity index (χ0) is 12.8. The predicted octanol–water partition coefficient (Wildman–Crippen LogP) is 5.44. The van der Waals surface area contributed by atoms with E-state index in [0.717, 1.165) is 25.7 Å². The van der Waals surface area contributed by atoms with Gasteiger partial charge >= 0.3 is 0 Å². The maximum absolute atomic E-state index is 11.4. The lowest BCUT2D eigenvalue weighted by Gasteiger charge is -2.00. The summed E-state index contributed by atoms with van der Waals surface area (Å²) in [5.74, 6) is 0.310. The van der Waals surface area contributed by atoms with Gasteiger partial charge in [-0.3, -0.25) is 4.79 Å². The zero-order valence-corrected chi connectivity index (χ0v) is 11.8. The fourth-order valence-electron chi connectivity index (χ4n) is 1.90. The van der Waals surface area contributed by atoms with Gasteiger partial charge in [0.2, 0.25) is 0 Å². The second kappa shape index (κ2) is 13.5. The Bertz CT molecular complexity index is 194. The van der Waals surface area contributed by atoms with Crippen LogP contribution in [0.25, 0.3) is 0 Å². The summed E-state index contributed by atoms with van der Waals surface area (Å²) < 4.78 is 0. The van der Waals surface area contributed by atoms with Crippen molar-refractivity contribution in [2.75, 3.05) is 0 Å². The van der Waals surface area contributed by atoms with Crippen molar-refractivity contribution in [1.82, 2.24) is 0 Å². The molecule has 0 aliphatic rings. The van der Waals surface area contributed by atoms with E-state index in [1.165, 1.54) is 44.9 Å². The summed E-state index contributed by atoms with van der Waals surface area (Å²) in [4.78, 5) is 11.4. The minimum Gasteiger partial charge on any atom is -0.295 e. The lowest BCUT2D eigenvalue weighted by Crippen LogP contribution is -1.92. The van der Waals surface area contributed by atoms with Crippen LogP contribution in [-0.2, 0) is 4.79 Å². The van der Waals surface area contributed by atoms with Crippen molar-refractivity contribution in [2.45, 2.75) is 84.5 Å². The first-order valence-electron chi connectivity index (χ1n) is 7.50. The van der Waals surface area contributed by atoms with Crippen molar-refractivity contribution in [2.24, 2.45) is 0 Å². The van der Waals surface area contributed by atoms with Crippen molar-refractivity contribution < 1.29 is 4.79 Å². The second-order valence-electron chi connectivity index (χ2n) is 4.88. The van der Waals surface area contributed by atoms with Gasteiger partial charge in [0, 0.05) is 6.42 Å². The van der Waals surface area contributed by atoms with E-state index >= 15 is 0 Å². The molecule has 0 aromatic heterocycles. The molecular weight excluding hydrogens is 208 g/mol. The number of carbonyl (C=O) groups is 1. The maximum atomic E-state index is 11.4. The standard InChI is InChI=1S/C16H30O/c1-3-5-7-8-9-10-11-13-15-16(17)14-12-6-4-2/h12,14H,3-11,13,15H2,1-2H3/b14-12+. The third-order valence-corrected chi connectivity index (χ3v) is 3.04. The highest BCUT2D eigenvalue weighted by molar-refractivity contribution is 5.89. The summed E-state index contributed by atoms with van der Waals surface area (Å²) in [6, 6.07) is 0. The quantitative estimate of drug-likeness (QED) is 0.327. The van der Waals surface area contributed by atoms with Gasteiger partial charge in [-0.15, -0.1) is 0 Å². The molecule has 17 heavy (non-hydrogen) atoms. The Balaban J connectivity index is 3.19. The van der Waals surface area contributed by atoms with Crippen molar-refractivity contribution in [3.63, 3.8) is 0 Å². The molecule has 0 aliphatic heterocycles. The predicted molar refractivity (Wildman–Crippen MR) is 76.3 cm³/mol. The van der Waals surface area contributed by atoms with Crippen LogP contribution in [0.1, 0.15) is 84.5 Å². The van der Waals surface area contributed by atoms with E-state index < -0.39 is 0 Å². The molecule has 0 radical (unpaired) electrons. The summed E-state index contributed by atoms with van der Waals surface area (Å²) in [5, 5.41) is 0. The lowest BCUT2D eigenvalue weighted by atomic mass is 10.1. The Labute approximate surface area is 108 Å². The van der Waals surface area contributed by atoms with Crippen molar-refractivity contribution in [3.05, 3.63) is 12.2 Å². The minimum absolute atomic E-state index is 0.310. The molecule has 1 heteroatoms. The number of hydrogen-bond acceptors (Lipinski definition) is 1. The van der Waals surface area contributed by atoms with E-state index in [9.17, 15) is 4.79 Å². The molecular formula is C16H30O. The minimum atomic E-state index is 0.310.